The molecule has 0 saturated carbocycles. The van der Waals surface area contributed by atoms with E-state index in [1.165, 1.54) is 0 Å². The zero-order valence-electron chi connectivity index (χ0n) is 10.6. The molecule has 0 aromatic heterocycles. The summed E-state index contributed by atoms with van der Waals surface area (Å²) in [6.07, 6.45) is 4.44. The minimum atomic E-state index is -0.388. The Morgan fingerprint density at radius 2 is 2.47 bits per heavy atom. The van der Waals surface area contributed by atoms with Crippen LogP contribution in [0.15, 0.2) is 12.7 Å². The average Bonchev–Trinajstić information content (AvgIpc) is 2.79. The van der Waals surface area contributed by atoms with Crippen LogP contribution < -0.4 is 0 Å². The van der Waals surface area contributed by atoms with Crippen LogP contribution in [-0.2, 0) is 4.74 Å². The van der Waals surface area contributed by atoms with Crippen LogP contribution in [0.25, 0.3) is 0 Å². The highest BCUT2D eigenvalue weighted by Crippen LogP contribution is 2.22. The number of carbonyl (C=O) groups excluding carboxylic acids is 1. The van der Waals surface area contributed by atoms with E-state index in [4.69, 9.17) is 4.74 Å². The van der Waals surface area contributed by atoms with Gasteiger partial charge < -0.3 is 14.7 Å². The van der Waals surface area contributed by atoms with Gasteiger partial charge in [0.05, 0.1) is 12.7 Å². The SMILES string of the molecule is C=CCC(O)C1CCN(C(=O)OCCCC)C1. The van der Waals surface area contributed by atoms with Crippen LogP contribution >= 0.6 is 0 Å². The van der Waals surface area contributed by atoms with E-state index in [1.807, 2.05) is 0 Å². The van der Waals surface area contributed by atoms with Gasteiger partial charge in [-0.2, -0.15) is 0 Å². The summed E-state index contributed by atoms with van der Waals surface area (Å²) in [5, 5.41) is 9.81. The first-order valence-corrected chi connectivity index (χ1v) is 6.39. The van der Waals surface area contributed by atoms with Crippen LogP contribution in [0, 0.1) is 5.92 Å². The number of nitrogens with zero attached hydrogens (tertiary/aromatic N) is 1. The first-order chi connectivity index (χ1) is 8.19. The lowest BCUT2D eigenvalue weighted by Gasteiger charge is -2.18. The van der Waals surface area contributed by atoms with Gasteiger partial charge in [0.15, 0.2) is 0 Å². The smallest absolute Gasteiger partial charge is 0.409 e. The van der Waals surface area contributed by atoms with Crippen molar-refractivity contribution in [2.75, 3.05) is 19.7 Å². The first-order valence-electron chi connectivity index (χ1n) is 6.39. The molecule has 1 aliphatic rings. The van der Waals surface area contributed by atoms with Gasteiger partial charge >= 0.3 is 6.09 Å². The molecule has 1 fully saturated rings. The van der Waals surface area contributed by atoms with Crippen molar-refractivity contribution in [3.63, 3.8) is 0 Å². The molecule has 0 bridgehead atoms. The van der Waals surface area contributed by atoms with Crippen molar-refractivity contribution in [1.82, 2.24) is 4.90 Å². The maximum absolute atomic E-state index is 11.6. The zero-order chi connectivity index (χ0) is 12.7. The van der Waals surface area contributed by atoms with Gasteiger partial charge in [0.1, 0.15) is 0 Å². The number of hydrogen-bond donors (Lipinski definition) is 1. The topological polar surface area (TPSA) is 49.8 Å². The highest BCUT2D eigenvalue weighted by atomic mass is 16.6. The molecule has 0 radical (unpaired) electrons. The minimum Gasteiger partial charge on any atom is -0.449 e. The Morgan fingerprint density at radius 3 is 3.12 bits per heavy atom. The third-order valence-electron chi connectivity index (χ3n) is 3.16. The van der Waals surface area contributed by atoms with E-state index in [0.29, 0.717) is 26.1 Å². The highest BCUT2D eigenvalue weighted by molar-refractivity contribution is 5.67. The largest absolute Gasteiger partial charge is 0.449 e. The van der Waals surface area contributed by atoms with E-state index in [1.54, 1.807) is 11.0 Å². The predicted octanol–water partition coefficient (Wildman–Crippen LogP) is 2.18. The Balaban J connectivity index is 2.29. The van der Waals surface area contributed by atoms with E-state index in [-0.39, 0.29) is 18.1 Å². The second-order valence-corrected chi connectivity index (χ2v) is 4.55. The van der Waals surface area contributed by atoms with E-state index in [9.17, 15) is 9.90 Å². The summed E-state index contributed by atoms with van der Waals surface area (Å²) in [7, 11) is 0. The fourth-order valence-electron chi connectivity index (χ4n) is 2.03. The van der Waals surface area contributed by atoms with Gasteiger partial charge in [-0.15, -0.1) is 6.58 Å². The Hall–Kier alpha value is -1.03. The van der Waals surface area contributed by atoms with E-state index in [0.717, 1.165) is 19.3 Å². The standard InChI is InChI=1S/C13H23NO3/c1-3-5-9-17-13(16)14-8-7-11(10-14)12(15)6-4-2/h4,11-12,15H,2-3,5-10H2,1H3. The lowest BCUT2D eigenvalue weighted by atomic mass is 9.99. The molecular weight excluding hydrogens is 218 g/mol. The van der Waals surface area contributed by atoms with Gasteiger partial charge in [-0.1, -0.05) is 19.4 Å². The van der Waals surface area contributed by atoms with Gasteiger partial charge in [-0.05, 0) is 19.3 Å². The van der Waals surface area contributed by atoms with Crippen LogP contribution in [-0.4, -0.2) is 41.9 Å². The Labute approximate surface area is 103 Å². The summed E-state index contributed by atoms with van der Waals surface area (Å²) in [4.78, 5) is 13.3. The summed E-state index contributed by atoms with van der Waals surface area (Å²) in [5.41, 5.74) is 0. The number of aliphatic hydroxyl groups is 1. The summed E-state index contributed by atoms with van der Waals surface area (Å²) in [5.74, 6) is 0.159. The van der Waals surface area contributed by atoms with Crippen LogP contribution in [0.4, 0.5) is 4.79 Å². The lowest BCUT2D eigenvalue weighted by molar-refractivity contribution is 0.0940. The highest BCUT2D eigenvalue weighted by Gasteiger charge is 2.31. The minimum absolute atomic E-state index is 0.159. The number of rotatable bonds is 6. The third kappa shape index (κ3) is 4.38. The van der Waals surface area contributed by atoms with E-state index in [2.05, 4.69) is 13.5 Å². The molecule has 1 saturated heterocycles. The summed E-state index contributed by atoms with van der Waals surface area (Å²) < 4.78 is 5.14. The fourth-order valence-corrected chi connectivity index (χ4v) is 2.03. The number of ether oxygens (including phenoxy) is 1. The normalized spacial score (nSPS) is 21.3. The van der Waals surface area contributed by atoms with Crippen molar-refractivity contribution in [3.05, 3.63) is 12.7 Å². The van der Waals surface area contributed by atoms with E-state index < -0.39 is 0 Å². The van der Waals surface area contributed by atoms with Crippen molar-refractivity contribution >= 4 is 6.09 Å². The first kappa shape index (κ1) is 14.0. The fraction of sp³-hybridized carbons (Fsp3) is 0.769. The van der Waals surface area contributed by atoms with Crippen LogP contribution in [0.3, 0.4) is 0 Å². The van der Waals surface area contributed by atoms with Gasteiger partial charge in [0.2, 0.25) is 0 Å². The summed E-state index contributed by atoms with van der Waals surface area (Å²) >= 11 is 0. The number of unbranched alkanes of at least 4 members (excludes halogenated alkanes) is 1. The average molecular weight is 241 g/mol. The maximum atomic E-state index is 11.6. The number of hydrogen-bond acceptors (Lipinski definition) is 3. The molecule has 4 nitrogen and oxygen atoms in total. The molecule has 2 atom stereocenters. The van der Waals surface area contributed by atoms with Crippen LogP contribution in [0.5, 0.6) is 0 Å². The lowest BCUT2D eigenvalue weighted by Crippen LogP contribution is -2.31. The van der Waals surface area contributed by atoms with Crippen molar-refractivity contribution in [2.45, 2.75) is 38.7 Å². The molecule has 1 rings (SSSR count). The number of likely N-dealkylation sites (tertiary alicyclic amines) is 1. The van der Waals surface area contributed by atoms with Gasteiger partial charge in [-0.25, -0.2) is 4.79 Å². The maximum Gasteiger partial charge on any atom is 0.409 e. The molecule has 1 aliphatic heterocycles. The molecule has 4 heteroatoms. The molecular formula is C13H23NO3. The predicted molar refractivity (Wildman–Crippen MR) is 66.8 cm³/mol. The Kier molecular flexibility index (Phi) is 6.05. The van der Waals surface area contributed by atoms with Gasteiger partial charge in [-0.3, -0.25) is 0 Å². The van der Waals surface area contributed by atoms with Crippen LogP contribution in [0.2, 0.25) is 0 Å². The summed E-state index contributed by atoms with van der Waals surface area (Å²) in [6, 6.07) is 0. The number of carbonyl (C=O) groups is 1. The molecule has 98 valence electrons. The van der Waals surface area contributed by atoms with Crippen molar-refractivity contribution in [3.8, 4) is 0 Å². The number of amides is 1. The molecule has 0 aliphatic carbocycles. The van der Waals surface area contributed by atoms with Crippen molar-refractivity contribution in [1.29, 1.82) is 0 Å². The Morgan fingerprint density at radius 1 is 1.71 bits per heavy atom. The van der Waals surface area contributed by atoms with E-state index >= 15 is 0 Å². The van der Waals surface area contributed by atoms with Crippen molar-refractivity contribution in [2.24, 2.45) is 5.92 Å². The molecule has 0 aromatic rings. The molecule has 0 aromatic carbocycles. The monoisotopic (exact) mass is 241 g/mol. The molecule has 2 unspecified atom stereocenters. The van der Waals surface area contributed by atoms with Gasteiger partial charge in [0.25, 0.3) is 0 Å². The summed E-state index contributed by atoms with van der Waals surface area (Å²) in [6.45, 7) is 7.45. The van der Waals surface area contributed by atoms with Gasteiger partial charge in [0, 0.05) is 19.0 Å². The molecule has 17 heavy (non-hydrogen) atoms. The zero-order valence-corrected chi connectivity index (χ0v) is 10.6. The third-order valence-corrected chi connectivity index (χ3v) is 3.16. The second kappa shape index (κ2) is 7.33. The second-order valence-electron chi connectivity index (χ2n) is 4.55. The molecule has 1 amide bonds. The molecule has 1 heterocycles. The Bertz CT molecular complexity index is 255. The van der Waals surface area contributed by atoms with Crippen LogP contribution in [0.1, 0.15) is 32.6 Å². The van der Waals surface area contributed by atoms with Crippen molar-refractivity contribution < 1.29 is 14.6 Å². The molecule has 1 N–H and O–H groups in total. The molecule has 0 spiro atoms. The quantitative estimate of drug-likeness (QED) is 0.573. The number of aliphatic hydroxyl groups excluding tert-OH is 1.